The lowest BCUT2D eigenvalue weighted by Gasteiger charge is -2.10. The molecule has 0 saturated heterocycles. The third-order valence-corrected chi connectivity index (χ3v) is 5.99. The first-order valence-corrected chi connectivity index (χ1v) is 11.1. The van der Waals surface area contributed by atoms with Crippen molar-refractivity contribution in [2.75, 3.05) is 5.32 Å². The van der Waals surface area contributed by atoms with Crippen molar-refractivity contribution in [1.82, 2.24) is 15.0 Å². The number of carbonyl (C=O) groups excluding carboxylic acids is 1. The number of nitrogens with one attached hydrogen (secondary N) is 1. The normalized spacial score (nSPS) is 11.0. The van der Waals surface area contributed by atoms with Gasteiger partial charge in [0.15, 0.2) is 0 Å². The van der Waals surface area contributed by atoms with Crippen molar-refractivity contribution in [1.29, 1.82) is 0 Å². The van der Waals surface area contributed by atoms with Crippen LogP contribution in [0.1, 0.15) is 30.9 Å². The topological polar surface area (TPSA) is 80.0 Å². The maximum absolute atomic E-state index is 10.8. The number of anilines is 1. The maximum Gasteiger partial charge on any atom is 0.211 e. The summed E-state index contributed by atoms with van der Waals surface area (Å²) in [5.74, 6) is 0.248. The minimum atomic E-state index is 0.248. The third kappa shape index (κ3) is 4.72. The Balaban J connectivity index is 1.62. The zero-order valence-electron chi connectivity index (χ0n) is 17.5. The summed E-state index contributed by atoms with van der Waals surface area (Å²) >= 11 is 1.61. The van der Waals surface area contributed by atoms with Crippen LogP contribution >= 0.6 is 11.8 Å². The van der Waals surface area contributed by atoms with Crippen LogP contribution < -0.4 is 5.32 Å². The van der Waals surface area contributed by atoms with Gasteiger partial charge in [-0.3, -0.25) is 4.79 Å². The minimum Gasteiger partial charge on any atom is -0.505 e. The molecule has 0 aliphatic carbocycles. The first-order chi connectivity index (χ1) is 15.1. The Morgan fingerprint density at radius 2 is 1.77 bits per heavy atom. The van der Waals surface area contributed by atoms with E-state index in [0.717, 1.165) is 56.9 Å². The highest BCUT2D eigenvalue weighted by Crippen LogP contribution is 2.32. The standard InChI is InChI=1S/C24H24N4O2S/c1-3-4-5-17-12-16(2)13-23(24(17)30)28-26-21-11-10-20(14-22(21)27-28)31-19-8-6-18(7-9-19)25-15-29/h6-15,30H,3-5H2,1-2H3,(H,25,29). The molecule has 0 saturated carbocycles. The van der Waals surface area contributed by atoms with Crippen LogP contribution in [-0.4, -0.2) is 26.5 Å². The summed E-state index contributed by atoms with van der Waals surface area (Å²) < 4.78 is 0. The summed E-state index contributed by atoms with van der Waals surface area (Å²) in [5.41, 5.74) is 4.90. The number of aryl methyl sites for hydroxylation is 2. The molecule has 0 fully saturated rings. The van der Waals surface area contributed by atoms with Crippen molar-refractivity contribution in [2.45, 2.75) is 42.9 Å². The lowest BCUT2D eigenvalue weighted by molar-refractivity contribution is -0.105. The smallest absolute Gasteiger partial charge is 0.211 e. The molecule has 31 heavy (non-hydrogen) atoms. The van der Waals surface area contributed by atoms with Gasteiger partial charge in [0.2, 0.25) is 6.41 Å². The van der Waals surface area contributed by atoms with Crippen molar-refractivity contribution in [2.24, 2.45) is 0 Å². The number of carbonyl (C=O) groups is 1. The Kier molecular flexibility index (Phi) is 6.23. The van der Waals surface area contributed by atoms with E-state index in [-0.39, 0.29) is 5.75 Å². The Morgan fingerprint density at radius 3 is 2.52 bits per heavy atom. The highest BCUT2D eigenvalue weighted by molar-refractivity contribution is 7.99. The highest BCUT2D eigenvalue weighted by atomic mass is 32.2. The van der Waals surface area contributed by atoms with E-state index >= 15 is 0 Å². The Labute approximate surface area is 185 Å². The van der Waals surface area contributed by atoms with Crippen molar-refractivity contribution >= 4 is 34.9 Å². The summed E-state index contributed by atoms with van der Waals surface area (Å²) in [5, 5.41) is 22.6. The predicted molar refractivity (Wildman–Crippen MR) is 124 cm³/mol. The Hall–Kier alpha value is -3.32. The molecule has 158 valence electrons. The first-order valence-electron chi connectivity index (χ1n) is 10.3. The van der Waals surface area contributed by atoms with Gasteiger partial charge in [-0.05, 0) is 79.4 Å². The van der Waals surface area contributed by atoms with Crippen LogP contribution in [0.15, 0.2) is 64.4 Å². The first kappa shape index (κ1) is 20.9. The van der Waals surface area contributed by atoms with Gasteiger partial charge in [-0.25, -0.2) is 0 Å². The van der Waals surface area contributed by atoms with Crippen molar-refractivity contribution < 1.29 is 9.90 Å². The van der Waals surface area contributed by atoms with E-state index in [2.05, 4.69) is 22.4 Å². The number of hydrogen-bond donors (Lipinski definition) is 2. The predicted octanol–water partition coefficient (Wildman–Crippen LogP) is 5.50. The minimum absolute atomic E-state index is 0.248. The van der Waals surface area contributed by atoms with Crippen molar-refractivity contribution in [3.05, 3.63) is 65.7 Å². The van der Waals surface area contributed by atoms with Gasteiger partial charge < -0.3 is 10.4 Å². The van der Waals surface area contributed by atoms with Gasteiger partial charge in [0.1, 0.15) is 22.5 Å². The summed E-state index contributed by atoms with van der Waals surface area (Å²) in [4.78, 5) is 14.2. The summed E-state index contributed by atoms with van der Waals surface area (Å²) in [6, 6.07) is 17.5. The number of amides is 1. The Bertz CT molecular complexity index is 1220. The number of unbranched alkanes of at least 4 members (excludes halogenated alkanes) is 1. The number of aromatic hydroxyl groups is 1. The molecule has 0 spiro atoms. The van der Waals surface area contributed by atoms with Crippen molar-refractivity contribution in [3.8, 4) is 11.4 Å². The molecule has 1 amide bonds. The van der Waals surface area contributed by atoms with Crippen LogP contribution in [0.3, 0.4) is 0 Å². The van der Waals surface area contributed by atoms with E-state index in [1.165, 1.54) is 4.80 Å². The molecule has 1 aromatic heterocycles. The van der Waals surface area contributed by atoms with E-state index in [0.29, 0.717) is 12.1 Å². The number of aromatic nitrogens is 3. The van der Waals surface area contributed by atoms with Crippen LogP contribution in [0.2, 0.25) is 0 Å². The fourth-order valence-corrected chi connectivity index (χ4v) is 4.28. The number of benzene rings is 3. The Morgan fingerprint density at radius 1 is 1.03 bits per heavy atom. The van der Waals surface area contributed by atoms with Crippen molar-refractivity contribution in [3.63, 3.8) is 0 Å². The van der Waals surface area contributed by atoms with Gasteiger partial charge >= 0.3 is 0 Å². The number of phenolic OH excluding ortho intramolecular Hbond substituents is 1. The number of phenols is 1. The van der Waals surface area contributed by atoms with Crippen LogP contribution in [0, 0.1) is 6.92 Å². The highest BCUT2D eigenvalue weighted by Gasteiger charge is 2.14. The molecular formula is C24H24N4O2S. The summed E-state index contributed by atoms with van der Waals surface area (Å²) in [6.45, 7) is 4.16. The van der Waals surface area contributed by atoms with Crippen LogP contribution in [0.4, 0.5) is 5.69 Å². The molecule has 3 aromatic carbocycles. The average Bonchev–Trinajstić information content (AvgIpc) is 3.19. The molecule has 2 N–H and O–H groups in total. The van der Waals surface area contributed by atoms with Crippen LogP contribution in [-0.2, 0) is 11.2 Å². The average molecular weight is 433 g/mol. The quantitative estimate of drug-likeness (QED) is 0.360. The zero-order chi connectivity index (χ0) is 21.8. The molecule has 0 aliphatic heterocycles. The summed E-state index contributed by atoms with van der Waals surface area (Å²) in [7, 11) is 0. The number of nitrogens with zero attached hydrogens (tertiary/aromatic N) is 3. The number of rotatable bonds is 8. The molecule has 0 aliphatic rings. The fraction of sp³-hybridized carbons (Fsp3) is 0.208. The number of hydrogen-bond acceptors (Lipinski definition) is 5. The monoisotopic (exact) mass is 432 g/mol. The second kappa shape index (κ2) is 9.22. The molecule has 4 aromatic rings. The molecule has 4 rings (SSSR count). The fourth-order valence-electron chi connectivity index (χ4n) is 3.43. The molecule has 0 bridgehead atoms. The van der Waals surface area contributed by atoms with Crippen LogP contribution in [0.25, 0.3) is 16.7 Å². The van der Waals surface area contributed by atoms with E-state index < -0.39 is 0 Å². The molecule has 1 heterocycles. The van der Waals surface area contributed by atoms with Gasteiger partial charge in [-0.1, -0.05) is 31.2 Å². The number of fused-ring (bicyclic) bond motifs is 1. The van der Waals surface area contributed by atoms with Gasteiger partial charge in [0.25, 0.3) is 0 Å². The molecular weight excluding hydrogens is 408 g/mol. The molecule has 0 unspecified atom stereocenters. The van der Waals surface area contributed by atoms with E-state index in [4.69, 9.17) is 0 Å². The lowest BCUT2D eigenvalue weighted by Crippen LogP contribution is -2.02. The van der Waals surface area contributed by atoms with E-state index in [1.54, 1.807) is 11.8 Å². The SMILES string of the molecule is CCCCc1cc(C)cc(-n2nc3ccc(Sc4ccc(NC=O)cc4)cc3n2)c1O. The summed E-state index contributed by atoms with van der Waals surface area (Å²) in [6.07, 6.45) is 3.60. The second-order valence-electron chi connectivity index (χ2n) is 7.42. The molecule has 0 atom stereocenters. The van der Waals surface area contributed by atoms with Gasteiger partial charge in [0.05, 0.1) is 0 Å². The zero-order valence-corrected chi connectivity index (χ0v) is 18.3. The lowest BCUT2D eigenvalue weighted by atomic mass is 10.0. The van der Waals surface area contributed by atoms with E-state index in [1.807, 2.05) is 61.5 Å². The van der Waals surface area contributed by atoms with E-state index in [9.17, 15) is 9.90 Å². The largest absolute Gasteiger partial charge is 0.505 e. The van der Waals surface area contributed by atoms with Gasteiger partial charge in [-0.2, -0.15) is 0 Å². The third-order valence-electron chi connectivity index (χ3n) is 5.00. The van der Waals surface area contributed by atoms with Gasteiger partial charge in [-0.15, -0.1) is 15.0 Å². The molecule has 0 radical (unpaired) electrons. The molecule has 7 heteroatoms. The molecule has 6 nitrogen and oxygen atoms in total. The second-order valence-corrected chi connectivity index (χ2v) is 8.57. The van der Waals surface area contributed by atoms with Crippen LogP contribution in [0.5, 0.6) is 5.75 Å². The maximum atomic E-state index is 10.8. The van der Waals surface area contributed by atoms with Gasteiger partial charge in [0, 0.05) is 15.5 Å².